The zero-order valence-electron chi connectivity index (χ0n) is 22.0. The Morgan fingerprint density at radius 1 is 0.923 bits per heavy atom. The number of benzene rings is 2. The molecule has 1 aliphatic rings. The maximum atomic E-state index is 15.1. The number of hydrogen-bond acceptors (Lipinski definition) is 8. The molecule has 0 bridgehead atoms. The Kier molecular flexibility index (Phi) is 6.85. The van der Waals surface area contributed by atoms with Gasteiger partial charge in [-0.1, -0.05) is 13.8 Å². The topological polar surface area (TPSA) is 112 Å². The number of methoxy groups -OCH3 is 2. The van der Waals surface area contributed by atoms with Crippen molar-refractivity contribution < 1.29 is 28.2 Å². The number of nitrogens with zero attached hydrogens (tertiary/aromatic N) is 2. The molecule has 2 atom stereocenters. The van der Waals surface area contributed by atoms with Gasteiger partial charge in [0, 0.05) is 40.5 Å². The first-order valence-electron chi connectivity index (χ1n) is 12.1. The molecule has 2 aromatic carbocycles. The Bertz CT molecular complexity index is 1590. The smallest absolute Gasteiger partial charge is 0.230 e. The number of fused-ring (bicyclic) bond motifs is 1. The van der Waals surface area contributed by atoms with Crippen LogP contribution in [0.15, 0.2) is 48.8 Å². The lowest BCUT2D eigenvalue weighted by Crippen LogP contribution is -2.20. The SMILES string of the molecule is COc1cc2nccc(Oc3ccc(NC(=O)[C@@H]4[C@H](C(=O)Nc5ncc(C)s5)C4(C)C)cc3F)c2cc1OC. The molecule has 1 aliphatic carbocycles. The summed E-state index contributed by atoms with van der Waals surface area (Å²) in [4.78, 5) is 35.3. The van der Waals surface area contributed by atoms with Crippen LogP contribution >= 0.6 is 11.3 Å². The van der Waals surface area contributed by atoms with Crippen LogP contribution in [-0.4, -0.2) is 36.0 Å². The van der Waals surface area contributed by atoms with Crippen LogP contribution in [0.2, 0.25) is 0 Å². The Labute approximate surface area is 228 Å². The van der Waals surface area contributed by atoms with Gasteiger partial charge in [-0.2, -0.15) is 0 Å². The second-order valence-electron chi connectivity index (χ2n) is 9.81. The fourth-order valence-corrected chi connectivity index (χ4v) is 5.42. The van der Waals surface area contributed by atoms with E-state index in [1.807, 2.05) is 20.8 Å². The molecule has 11 heteroatoms. The van der Waals surface area contributed by atoms with E-state index >= 15 is 4.39 Å². The molecule has 0 saturated heterocycles. The number of thiazole rings is 1. The van der Waals surface area contributed by atoms with Crippen molar-refractivity contribution in [2.45, 2.75) is 20.8 Å². The third-order valence-corrected chi connectivity index (χ3v) is 7.70. The van der Waals surface area contributed by atoms with E-state index in [4.69, 9.17) is 14.2 Å². The van der Waals surface area contributed by atoms with Crippen molar-refractivity contribution in [1.29, 1.82) is 0 Å². The highest BCUT2D eigenvalue weighted by Crippen LogP contribution is 2.59. The van der Waals surface area contributed by atoms with E-state index in [0.717, 1.165) is 4.88 Å². The number of pyridine rings is 1. The molecule has 2 amide bonds. The average Bonchev–Trinajstić information content (AvgIpc) is 3.26. The molecule has 0 unspecified atom stereocenters. The molecule has 2 heterocycles. The summed E-state index contributed by atoms with van der Waals surface area (Å²) in [6.07, 6.45) is 3.23. The van der Waals surface area contributed by atoms with Crippen LogP contribution in [0.25, 0.3) is 10.9 Å². The van der Waals surface area contributed by atoms with Gasteiger partial charge in [0.05, 0.1) is 31.6 Å². The second kappa shape index (κ2) is 10.1. The molecule has 0 spiro atoms. The van der Waals surface area contributed by atoms with Gasteiger partial charge >= 0.3 is 0 Å². The van der Waals surface area contributed by atoms with Crippen LogP contribution in [-0.2, 0) is 9.59 Å². The van der Waals surface area contributed by atoms with E-state index in [1.54, 1.807) is 36.7 Å². The Morgan fingerprint density at radius 3 is 2.26 bits per heavy atom. The van der Waals surface area contributed by atoms with Crippen molar-refractivity contribution in [3.8, 4) is 23.0 Å². The van der Waals surface area contributed by atoms with Crippen molar-refractivity contribution in [1.82, 2.24) is 9.97 Å². The molecule has 0 radical (unpaired) electrons. The first-order chi connectivity index (χ1) is 18.6. The minimum absolute atomic E-state index is 0.0296. The summed E-state index contributed by atoms with van der Waals surface area (Å²) in [6.45, 7) is 5.61. The molecule has 4 aromatic rings. The molecule has 39 heavy (non-hydrogen) atoms. The van der Waals surface area contributed by atoms with E-state index < -0.39 is 23.1 Å². The molecule has 2 N–H and O–H groups in total. The standard InChI is InChI=1S/C28H27FN4O5S/c1-14-13-31-27(39-14)33-26(35)24-23(28(24,2)3)25(34)32-15-6-7-20(17(29)10-15)38-19-8-9-30-18-12-22(37-5)21(36-4)11-16(18)19/h6-13,23-24H,1-5H3,(H,32,34)(H,31,33,35)/t23-,24+/m0/s1. The van der Waals surface area contributed by atoms with Gasteiger partial charge < -0.3 is 24.8 Å². The minimum atomic E-state index is -0.665. The van der Waals surface area contributed by atoms with Crippen molar-refractivity contribution in [3.05, 3.63) is 59.5 Å². The van der Waals surface area contributed by atoms with Crippen LogP contribution in [0.1, 0.15) is 18.7 Å². The van der Waals surface area contributed by atoms with Crippen LogP contribution in [0.3, 0.4) is 0 Å². The first kappa shape index (κ1) is 26.4. The number of halogens is 1. The highest BCUT2D eigenvalue weighted by Gasteiger charge is 2.65. The normalized spacial score (nSPS) is 17.4. The monoisotopic (exact) mass is 550 g/mol. The predicted molar refractivity (Wildman–Crippen MR) is 146 cm³/mol. The molecule has 1 fully saturated rings. The summed E-state index contributed by atoms with van der Waals surface area (Å²) in [6, 6.07) is 9.21. The summed E-state index contributed by atoms with van der Waals surface area (Å²) in [5, 5.41) is 6.63. The fraction of sp³-hybridized carbons (Fsp3) is 0.286. The molecular formula is C28H27FN4O5S. The third-order valence-electron chi connectivity index (χ3n) is 6.87. The number of aromatic nitrogens is 2. The lowest BCUT2D eigenvalue weighted by Gasteiger charge is -2.13. The van der Waals surface area contributed by atoms with Gasteiger partial charge in [-0.15, -0.1) is 11.3 Å². The molecule has 5 rings (SSSR count). The largest absolute Gasteiger partial charge is 0.493 e. The lowest BCUT2D eigenvalue weighted by molar-refractivity contribution is -0.122. The van der Waals surface area contributed by atoms with Crippen LogP contribution in [0, 0.1) is 30.0 Å². The number of anilines is 2. The van der Waals surface area contributed by atoms with E-state index in [-0.39, 0.29) is 23.3 Å². The molecule has 202 valence electrons. The van der Waals surface area contributed by atoms with Crippen molar-refractivity contribution >= 4 is 44.9 Å². The van der Waals surface area contributed by atoms with Gasteiger partial charge in [0.1, 0.15) is 5.75 Å². The van der Waals surface area contributed by atoms with Gasteiger partial charge in [-0.3, -0.25) is 14.6 Å². The van der Waals surface area contributed by atoms with Crippen LogP contribution in [0.4, 0.5) is 15.2 Å². The molecular weight excluding hydrogens is 523 g/mol. The maximum absolute atomic E-state index is 15.1. The van der Waals surface area contributed by atoms with Crippen LogP contribution in [0.5, 0.6) is 23.0 Å². The van der Waals surface area contributed by atoms with E-state index in [0.29, 0.717) is 33.3 Å². The van der Waals surface area contributed by atoms with Crippen molar-refractivity contribution in [2.75, 3.05) is 24.9 Å². The molecule has 1 saturated carbocycles. The van der Waals surface area contributed by atoms with E-state index in [2.05, 4.69) is 20.6 Å². The average molecular weight is 551 g/mol. The third kappa shape index (κ3) is 5.09. The number of carbonyl (C=O) groups excluding carboxylic acids is 2. The van der Waals surface area contributed by atoms with E-state index in [1.165, 1.54) is 37.7 Å². The zero-order chi connectivity index (χ0) is 27.9. The molecule has 9 nitrogen and oxygen atoms in total. The maximum Gasteiger partial charge on any atom is 0.230 e. The minimum Gasteiger partial charge on any atom is -0.493 e. The van der Waals surface area contributed by atoms with E-state index in [9.17, 15) is 9.59 Å². The van der Waals surface area contributed by atoms with Gasteiger partial charge in [-0.25, -0.2) is 9.37 Å². The number of aryl methyl sites for hydroxylation is 1. The molecule has 0 aliphatic heterocycles. The number of rotatable bonds is 8. The highest BCUT2D eigenvalue weighted by atomic mass is 32.1. The number of carbonyl (C=O) groups is 2. The van der Waals surface area contributed by atoms with Gasteiger partial charge in [0.25, 0.3) is 0 Å². The highest BCUT2D eigenvalue weighted by molar-refractivity contribution is 7.15. The number of amides is 2. The molecule has 2 aromatic heterocycles. The second-order valence-corrected chi connectivity index (χ2v) is 11.0. The first-order valence-corrected chi connectivity index (χ1v) is 13.0. The lowest BCUT2D eigenvalue weighted by atomic mass is 10.1. The quantitative estimate of drug-likeness (QED) is 0.285. The fourth-order valence-electron chi connectivity index (χ4n) is 4.75. The summed E-state index contributed by atoms with van der Waals surface area (Å²) in [5.41, 5.74) is 0.298. The summed E-state index contributed by atoms with van der Waals surface area (Å²) >= 11 is 1.37. The number of hydrogen-bond donors (Lipinski definition) is 2. The summed E-state index contributed by atoms with van der Waals surface area (Å²) in [5.74, 6) is -1.03. The van der Waals surface area contributed by atoms with Crippen LogP contribution < -0.4 is 24.8 Å². The zero-order valence-corrected chi connectivity index (χ0v) is 22.8. The van der Waals surface area contributed by atoms with Crippen molar-refractivity contribution in [2.24, 2.45) is 17.3 Å². The Balaban J connectivity index is 1.29. The Hall–Kier alpha value is -4.25. The summed E-state index contributed by atoms with van der Waals surface area (Å²) < 4.78 is 31.6. The Morgan fingerprint density at radius 2 is 1.62 bits per heavy atom. The predicted octanol–water partition coefficient (Wildman–Crippen LogP) is 5.80. The number of ether oxygens (including phenoxy) is 3. The number of nitrogens with one attached hydrogen (secondary N) is 2. The van der Waals surface area contributed by atoms with Gasteiger partial charge in [0.2, 0.25) is 11.8 Å². The summed E-state index contributed by atoms with van der Waals surface area (Å²) in [7, 11) is 3.05. The van der Waals surface area contributed by atoms with Gasteiger partial charge in [-0.05, 0) is 36.6 Å². The van der Waals surface area contributed by atoms with Crippen molar-refractivity contribution in [3.63, 3.8) is 0 Å². The van der Waals surface area contributed by atoms with Gasteiger partial charge in [0.15, 0.2) is 28.2 Å².